The molecule has 2 aromatic rings. The van der Waals surface area contributed by atoms with E-state index in [0.29, 0.717) is 5.56 Å². The smallest absolute Gasteiger partial charge is 0.241 e. The summed E-state index contributed by atoms with van der Waals surface area (Å²) in [7, 11) is -4.13. The number of primary sulfonamides is 1. The van der Waals surface area contributed by atoms with Gasteiger partial charge in [-0.1, -0.05) is 17.7 Å². The van der Waals surface area contributed by atoms with E-state index in [1.165, 1.54) is 12.1 Å². The maximum Gasteiger partial charge on any atom is 0.241 e. The van der Waals surface area contributed by atoms with Gasteiger partial charge < -0.3 is 4.74 Å². The molecule has 0 fully saturated rings. The van der Waals surface area contributed by atoms with Crippen LogP contribution >= 0.6 is 11.6 Å². The minimum absolute atomic E-state index is 0.0752. The molecule has 0 aliphatic carbocycles. The van der Waals surface area contributed by atoms with Gasteiger partial charge in [-0.25, -0.2) is 22.3 Å². The molecule has 0 heterocycles. The van der Waals surface area contributed by atoms with E-state index in [4.69, 9.17) is 21.5 Å². The van der Waals surface area contributed by atoms with Crippen LogP contribution in [0.25, 0.3) is 0 Å². The van der Waals surface area contributed by atoms with E-state index in [1.54, 1.807) is 0 Å². The molecular formula is C13H10ClF2NO3S. The second-order valence-electron chi connectivity index (χ2n) is 4.17. The highest BCUT2D eigenvalue weighted by Gasteiger charge is 2.16. The summed E-state index contributed by atoms with van der Waals surface area (Å²) in [6, 6.07) is 6.90. The zero-order valence-corrected chi connectivity index (χ0v) is 12.1. The van der Waals surface area contributed by atoms with Crippen molar-refractivity contribution in [3.05, 3.63) is 58.6 Å². The Balaban J connectivity index is 2.26. The van der Waals surface area contributed by atoms with Gasteiger partial charge in [0.25, 0.3) is 0 Å². The molecule has 112 valence electrons. The highest BCUT2D eigenvalue weighted by Crippen LogP contribution is 2.25. The van der Waals surface area contributed by atoms with Crippen molar-refractivity contribution < 1.29 is 21.9 Å². The van der Waals surface area contributed by atoms with Crippen LogP contribution in [0.15, 0.2) is 41.3 Å². The normalized spacial score (nSPS) is 11.4. The fraction of sp³-hybridized carbons (Fsp3) is 0.0769. The minimum atomic E-state index is -4.13. The van der Waals surface area contributed by atoms with Crippen molar-refractivity contribution in [1.29, 1.82) is 0 Å². The molecule has 0 spiro atoms. The van der Waals surface area contributed by atoms with Crippen LogP contribution in [0.3, 0.4) is 0 Å². The van der Waals surface area contributed by atoms with Crippen LogP contribution in [0.4, 0.5) is 8.78 Å². The molecule has 0 amide bonds. The number of halogens is 3. The number of nitrogens with two attached hydrogens (primary N) is 1. The van der Waals surface area contributed by atoms with Crippen molar-refractivity contribution in [2.24, 2.45) is 5.14 Å². The topological polar surface area (TPSA) is 69.4 Å². The molecular weight excluding hydrogens is 324 g/mol. The summed E-state index contributed by atoms with van der Waals surface area (Å²) >= 11 is 5.62. The Morgan fingerprint density at radius 2 is 1.86 bits per heavy atom. The first-order chi connectivity index (χ1) is 9.77. The van der Waals surface area contributed by atoms with Gasteiger partial charge in [0, 0.05) is 0 Å². The first-order valence-electron chi connectivity index (χ1n) is 5.66. The molecule has 8 heteroatoms. The third-order valence-corrected chi connectivity index (χ3v) is 3.81. The van der Waals surface area contributed by atoms with Crippen LogP contribution in [0, 0.1) is 11.6 Å². The molecule has 0 atom stereocenters. The van der Waals surface area contributed by atoms with Crippen LogP contribution in [-0.2, 0) is 16.6 Å². The number of hydrogen-bond acceptors (Lipinski definition) is 3. The predicted octanol–water partition coefficient (Wildman–Crippen LogP) is 2.84. The van der Waals surface area contributed by atoms with Gasteiger partial charge in [0.2, 0.25) is 10.0 Å². The largest absolute Gasteiger partial charge is 0.487 e. The Morgan fingerprint density at radius 3 is 2.48 bits per heavy atom. The fourth-order valence-electron chi connectivity index (χ4n) is 1.61. The molecule has 0 unspecified atom stereocenters. The van der Waals surface area contributed by atoms with Crippen molar-refractivity contribution in [2.45, 2.75) is 11.5 Å². The Labute approximate surface area is 125 Å². The van der Waals surface area contributed by atoms with Gasteiger partial charge in [0.05, 0.1) is 5.02 Å². The molecule has 2 rings (SSSR count). The quantitative estimate of drug-likeness (QED) is 0.935. The van der Waals surface area contributed by atoms with E-state index in [2.05, 4.69) is 0 Å². The Morgan fingerprint density at radius 1 is 1.14 bits per heavy atom. The van der Waals surface area contributed by atoms with Crippen LogP contribution in [0.1, 0.15) is 5.56 Å². The zero-order valence-electron chi connectivity index (χ0n) is 10.5. The predicted molar refractivity (Wildman–Crippen MR) is 73.5 cm³/mol. The minimum Gasteiger partial charge on any atom is -0.487 e. The lowest BCUT2D eigenvalue weighted by Crippen LogP contribution is -2.14. The van der Waals surface area contributed by atoms with Gasteiger partial charge in [0.1, 0.15) is 28.9 Å². The van der Waals surface area contributed by atoms with Crippen molar-refractivity contribution in [3.8, 4) is 5.75 Å². The molecule has 0 aliphatic rings. The van der Waals surface area contributed by atoms with Crippen molar-refractivity contribution in [1.82, 2.24) is 0 Å². The standard InChI is InChI=1S/C13H10ClF2NO3S/c14-10-5-8(1-3-11(10)16)7-20-12-4-2-9(15)6-13(12)21(17,18)19/h1-6H,7H2,(H2,17,18,19). The average Bonchev–Trinajstić information content (AvgIpc) is 2.40. The molecule has 0 saturated carbocycles. The van der Waals surface area contributed by atoms with Crippen LogP contribution in [0.2, 0.25) is 5.02 Å². The SMILES string of the molecule is NS(=O)(=O)c1cc(F)ccc1OCc1ccc(F)c(Cl)c1. The van der Waals surface area contributed by atoms with E-state index in [-0.39, 0.29) is 17.4 Å². The van der Waals surface area contributed by atoms with E-state index in [9.17, 15) is 17.2 Å². The second kappa shape index (κ2) is 5.97. The number of benzene rings is 2. The third kappa shape index (κ3) is 3.90. The molecule has 0 aromatic heterocycles. The molecule has 0 bridgehead atoms. The summed E-state index contributed by atoms with van der Waals surface area (Å²) in [6.45, 7) is -0.0752. The van der Waals surface area contributed by atoms with E-state index in [1.807, 2.05) is 0 Å². The van der Waals surface area contributed by atoms with Crippen molar-refractivity contribution in [2.75, 3.05) is 0 Å². The first kappa shape index (κ1) is 15.7. The lowest BCUT2D eigenvalue weighted by atomic mass is 10.2. The van der Waals surface area contributed by atoms with Gasteiger partial charge in [0.15, 0.2) is 0 Å². The van der Waals surface area contributed by atoms with Crippen LogP contribution in [0.5, 0.6) is 5.75 Å². The zero-order chi connectivity index (χ0) is 15.6. The lowest BCUT2D eigenvalue weighted by Gasteiger charge is -2.10. The van der Waals surface area contributed by atoms with E-state index in [0.717, 1.165) is 24.3 Å². The Hall–Kier alpha value is -1.70. The van der Waals surface area contributed by atoms with Crippen molar-refractivity contribution >= 4 is 21.6 Å². The van der Waals surface area contributed by atoms with Crippen LogP contribution < -0.4 is 9.88 Å². The number of rotatable bonds is 4. The molecule has 0 saturated heterocycles. The maximum absolute atomic E-state index is 13.1. The van der Waals surface area contributed by atoms with E-state index < -0.39 is 26.6 Å². The number of ether oxygens (including phenoxy) is 1. The summed E-state index contributed by atoms with van der Waals surface area (Å²) in [5.41, 5.74) is 0.520. The average molecular weight is 334 g/mol. The van der Waals surface area contributed by atoms with Gasteiger partial charge >= 0.3 is 0 Å². The summed E-state index contributed by atoms with van der Waals surface area (Å²) in [6.07, 6.45) is 0. The Bertz CT molecular complexity index is 781. The Kier molecular flexibility index (Phi) is 4.46. The summed E-state index contributed by atoms with van der Waals surface area (Å²) < 4.78 is 54.2. The van der Waals surface area contributed by atoms with Gasteiger partial charge in [-0.3, -0.25) is 0 Å². The number of sulfonamides is 1. The van der Waals surface area contributed by atoms with E-state index >= 15 is 0 Å². The number of hydrogen-bond donors (Lipinski definition) is 1. The summed E-state index contributed by atoms with van der Waals surface area (Å²) in [4.78, 5) is -0.462. The molecule has 0 aliphatic heterocycles. The van der Waals surface area contributed by atoms with Crippen LogP contribution in [-0.4, -0.2) is 8.42 Å². The molecule has 0 radical (unpaired) electrons. The maximum atomic E-state index is 13.1. The fourth-order valence-corrected chi connectivity index (χ4v) is 2.50. The highest BCUT2D eigenvalue weighted by molar-refractivity contribution is 7.89. The first-order valence-corrected chi connectivity index (χ1v) is 7.59. The van der Waals surface area contributed by atoms with Gasteiger partial charge in [-0.05, 0) is 35.9 Å². The molecule has 2 aromatic carbocycles. The lowest BCUT2D eigenvalue weighted by molar-refractivity contribution is 0.297. The monoisotopic (exact) mass is 333 g/mol. The summed E-state index contributed by atoms with van der Waals surface area (Å²) in [5, 5.41) is 4.91. The third-order valence-electron chi connectivity index (χ3n) is 2.59. The van der Waals surface area contributed by atoms with Gasteiger partial charge in [-0.15, -0.1) is 0 Å². The molecule has 21 heavy (non-hydrogen) atoms. The second-order valence-corrected chi connectivity index (χ2v) is 6.11. The van der Waals surface area contributed by atoms with Gasteiger partial charge in [-0.2, -0.15) is 0 Å². The summed E-state index contributed by atoms with van der Waals surface area (Å²) in [5.74, 6) is -1.43. The molecule has 4 nitrogen and oxygen atoms in total. The highest BCUT2D eigenvalue weighted by atomic mass is 35.5. The van der Waals surface area contributed by atoms with Crippen molar-refractivity contribution in [3.63, 3.8) is 0 Å². The molecule has 2 N–H and O–H groups in total.